The van der Waals surface area contributed by atoms with Crippen LogP contribution in [0.25, 0.3) is 5.69 Å². The summed E-state index contributed by atoms with van der Waals surface area (Å²) in [5, 5.41) is -0.0381. The lowest BCUT2D eigenvalue weighted by molar-refractivity contribution is 0.0999. The Kier molecular flexibility index (Phi) is 6.14. The van der Waals surface area contributed by atoms with Gasteiger partial charge in [-0.3, -0.25) is 14.2 Å². The second-order valence-corrected chi connectivity index (χ2v) is 7.35. The Morgan fingerprint density at radius 2 is 1.83 bits per heavy atom. The van der Waals surface area contributed by atoms with E-state index in [4.69, 9.17) is 33.7 Å². The lowest BCUT2D eigenvalue weighted by Gasteiger charge is -2.18. The van der Waals surface area contributed by atoms with E-state index in [9.17, 15) is 18.4 Å². The highest BCUT2D eigenvalue weighted by molar-refractivity contribution is 6.33. The molecule has 0 aliphatic rings. The maximum absolute atomic E-state index is 13.8. The summed E-state index contributed by atoms with van der Waals surface area (Å²) < 4.78 is 33.6. The minimum absolute atomic E-state index is 0.0268. The average molecular weight is 453 g/mol. The van der Waals surface area contributed by atoms with Crippen molar-refractivity contribution in [3.05, 3.63) is 90.8 Å². The van der Waals surface area contributed by atoms with Gasteiger partial charge < -0.3 is 10.5 Å². The van der Waals surface area contributed by atoms with E-state index in [0.29, 0.717) is 11.3 Å². The molecule has 3 aromatic rings. The zero-order chi connectivity index (χ0) is 22.2. The Morgan fingerprint density at radius 3 is 2.47 bits per heavy atom. The van der Waals surface area contributed by atoms with Crippen molar-refractivity contribution < 1.29 is 18.3 Å². The van der Waals surface area contributed by atoms with Crippen molar-refractivity contribution in [1.82, 2.24) is 4.57 Å². The van der Waals surface area contributed by atoms with Crippen molar-refractivity contribution in [2.75, 3.05) is 0 Å². The van der Waals surface area contributed by atoms with Gasteiger partial charge in [0.25, 0.3) is 5.56 Å². The van der Waals surface area contributed by atoms with E-state index >= 15 is 0 Å². The molecule has 1 aromatic heterocycles. The fraction of sp³-hybridized carbons (Fsp3) is 0.143. The molecule has 3 rings (SSSR count). The van der Waals surface area contributed by atoms with Crippen molar-refractivity contribution in [1.29, 1.82) is 0 Å². The van der Waals surface area contributed by atoms with Crippen LogP contribution in [-0.2, 0) is 6.61 Å². The normalized spacial score (nSPS) is 10.9. The van der Waals surface area contributed by atoms with E-state index in [1.54, 1.807) is 13.8 Å². The van der Waals surface area contributed by atoms with Gasteiger partial charge >= 0.3 is 0 Å². The van der Waals surface area contributed by atoms with Gasteiger partial charge in [-0.15, -0.1) is 0 Å². The smallest absolute Gasteiger partial charge is 0.277 e. The Morgan fingerprint density at radius 1 is 1.13 bits per heavy atom. The number of rotatable bonds is 5. The lowest BCUT2D eigenvalue weighted by atomic mass is 10.1. The molecule has 2 N–H and O–H groups in total. The molecule has 0 fully saturated rings. The van der Waals surface area contributed by atoms with E-state index < -0.39 is 23.1 Å². The predicted molar refractivity (Wildman–Crippen MR) is 111 cm³/mol. The number of nitrogens with zero attached hydrogens (tertiary/aromatic N) is 1. The Bertz CT molecular complexity index is 1230. The molecule has 0 saturated heterocycles. The third kappa shape index (κ3) is 4.04. The molecule has 156 valence electrons. The molecule has 30 heavy (non-hydrogen) atoms. The van der Waals surface area contributed by atoms with Gasteiger partial charge in [0.1, 0.15) is 29.0 Å². The number of pyridine rings is 1. The summed E-state index contributed by atoms with van der Waals surface area (Å²) in [6.45, 7) is 2.98. The number of nitrogens with two attached hydrogens (primary N) is 1. The zero-order valence-corrected chi connectivity index (χ0v) is 17.4. The van der Waals surface area contributed by atoms with Crippen LogP contribution in [-0.4, -0.2) is 10.5 Å². The summed E-state index contributed by atoms with van der Waals surface area (Å²) in [5.41, 5.74) is 6.15. The molecule has 5 nitrogen and oxygen atoms in total. The number of carbonyl (C=O) groups excluding carboxylic acids is 1. The molecule has 0 spiro atoms. The molecule has 9 heteroatoms. The first-order chi connectivity index (χ1) is 14.1. The second-order valence-electron chi connectivity index (χ2n) is 6.56. The van der Waals surface area contributed by atoms with Crippen molar-refractivity contribution in [3.63, 3.8) is 0 Å². The van der Waals surface area contributed by atoms with Gasteiger partial charge in [-0.2, -0.15) is 0 Å². The molecular weight excluding hydrogens is 437 g/mol. The van der Waals surface area contributed by atoms with E-state index in [-0.39, 0.29) is 39.2 Å². The van der Waals surface area contributed by atoms with Gasteiger partial charge in [0.05, 0.1) is 10.7 Å². The van der Waals surface area contributed by atoms with Crippen molar-refractivity contribution in [2.24, 2.45) is 5.73 Å². The molecule has 0 aliphatic heterocycles. The quantitative estimate of drug-likeness (QED) is 0.608. The summed E-state index contributed by atoms with van der Waals surface area (Å²) in [6, 6.07) is 7.50. The SMILES string of the molecule is Cc1c(C(N)=O)ccc(Cl)c1-n1c(C)cc(OCc2ccc(F)cc2F)c(Cl)c1=O. The predicted octanol–water partition coefficient (Wildman–Crippen LogP) is 4.72. The second kappa shape index (κ2) is 8.45. The number of aromatic nitrogens is 1. The van der Waals surface area contributed by atoms with Crippen LogP contribution in [0.5, 0.6) is 5.75 Å². The maximum atomic E-state index is 13.8. The summed E-state index contributed by atoms with van der Waals surface area (Å²) in [6.07, 6.45) is 0. The van der Waals surface area contributed by atoms with Gasteiger partial charge in [0, 0.05) is 29.0 Å². The molecule has 1 amide bonds. The Hall–Kier alpha value is -2.90. The zero-order valence-electron chi connectivity index (χ0n) is 15.9. The topological polar surface area (TPSA) is 74.3 Å². The molecule has 2 aromatic carbocycles. The Labute approximate surface area is 180 Å². The van der Waals surface area contributed by atoms with Crippen molar-refractivity contribution in [2.45, 2.75) is 20.5 Å². The van der Waals surface area contributed by atoms with Crippen LogP contribution in [0, 0.1) is 25.5 Å². The van der Waals surface area contributed by atoms with Crippen LogP contribution in [0.4, 0.5) is 8.78 Å². The number of carbonyl (C=O) groups is 1. The van der Waals surface area contributed by atoms with Gasteiger partial charge in [-0.05, 0) is 43.7 Å². The minimum Gasteiger partial charge on any atom is -0.487 e. The van der Waals surface area contributed by atoms with Crippen LogP contribution >= 0.6 is 23.2 Å². The standard InChI is InChI=1S/C21H16Cl2F2N2O3/c1-10-7-17(30-9-12-3-4-13(24)8-16(12)25)18(23)21(29)27(10)19-11(2)14(20(26)28)5-6-15(19)22/h3-8H,9H2,1-2H3,(H2,26,28). The van der Waals surface area contributed by atoms with E-state index in [2.05, 4.69) is 0 Å². The highest BCUT2D eigenvalue weighted by atomic mass is 35.5. The Balaban J connectivity index is 2.05. The fourth-order valence-corrected chi connectivity index (χ4v) is 3.55. The maximum Gasteiger partial charge on any atom is 0.277 e. The van der Waals surface area contributed by atoms with E-state index in [1.807, 2.05) is 0 Å². The van der Waals surface area contributed by atoms with Crippen molar-refractivity contribution >= 4 is 29.1 Å². The number of benzene rings is 2. The summed E-state index contributed by atoms with van der Waals surface area (Å²) >= 11 is 12.5. The fourth-order valence-electron chi connectivity index (χ4n) is 3.07. The summed E-state index contributed by atoms with van der Waals surface area (Å²) in [5.74, 6) is -2.12. The number of ether oxygens (including phenoxy) is 1. The van der Waals surface area contributed by atoms with Crippen molar-refractivity contribution in [3.8, 4) is 11.4 Å². The summed E-state index contributed by atoms with van der Waals surface area (Å²) in [7, 11) is 0. The van der Waals surface area contributed by atoms with Crippen LogP contribution in [0.1, 0.15) is 27.2 Å². The first kappa shape index (κ1) is 21.8. The van der Waals surface area contributed by atoms with E-state index in [0.717, 1.165) is 12.1 Å². The number of primary amides is 1. The molecule has 0 atom stereocenters. The molecule has 0 radical (unpaired) electrons. The van der Waals surface area contributed by atoms with Crippen LogP contribution in [0.2, 0.25) is 10.0 Å². The van der Waals surface area contributed by atoms with Gasteiger partial charge in [0.15, 0.2) is 0 Å². The minimum atomic E-state index is -0.776. The monoisotopic (exact) mass is 452 g/mol. The molecular formula is C21H16Cl2F2N2O3. The highest BCUT2D eigenvalue weighted by Crippen LogP contribution is 2.30. The summed E-state index contributed by atoms with van der Waals surface area (Å²) in [4.78, 5) is 24.6. The third-order valence-electron chi connectivity index (χ3n) is 4.57. The van der Waals surface area contributed by atoms with Crippen LogP contribution < -0.4 is 16.0 Å². The largest absolute Gasteiger partial charge is 0.487 e. The first-order valence-corrected chi connectivity index (χ1v) is 9.45. The number of hydrogen-bond donors (Lipinski definition) is 1. The number of hydrogen-bond acceptors (Lipinski definition) is 3. The molecule has 1 heterocycles. The van der Waals surface area contributed by atoms with Crippen LogP contribution in [0.15, 0.2) is 41.2 Å². The highest BCUT2D eigenvalue weighted by Gasteiger charge is 2.20. The molecule has 0 bridgehead atoms. The molecule has 0 saturated carbocycles. The number of halogens is 4. The van der Waals surface area contributed by atoms with E-state index in [1.165, 1.54) is 28.8 Å². The lowest BCUT2D eigenvalue weighted by Crippen LogP contribution is -2.24. The van der Waals surface area contributed by atoms with Gasteiger partial charge in [0.2, 0.25) is 5.91 Å². The average Bonchev–Trinajstić information content (AvgIpc) is 2.66. The molecule has 0 aliphatic carbocycles. The third-order valence-corrected chi connectivity index (χ3v) is 5.22. The van der Waals surface area contributed by atoms with Gasteiger partial charge in [-0.1, -0.05) is 23.2 Å². The number of aryl methyl sites for hydroxylation is 1. The van der Waals surface area contributed by atoms with Gasteiger partial charge in [-0.25, -0.2) is 8.78 Å². The number of amides is 1. The van der Waals surface area contributed by atoms with Crippen LogP contribution in [0.3, 0.4) is 0 Å². The molecule has 0 unspecified atom stereocenters. The first-order valence-electron chi connectivity index (χ1n) is 8.70.